The van der Waals surface area contributed by atoms with Crippen LogP contribution in [0.2, 0.25) is 0 Å². The minimum atomic E-state index is -0.332. The molecule has 0 amide bonds. The molecule has 0 aliphatic heterocycles. The van der Waals surface area contributed by atoms with Crippen molar-refractivity contribution >= 4 is 11.6 Å². The Hall–Kier alpha value is -2.66. The highest BCUT2D eigenvalue weighted by Crippen LogP contribution is 2.17. The molecule has 0 aliphatic rings. The molecule has 2 aromatic rings. The molecule has 1 heterocycles. The van der Waals surface area contributed by atoms with Crippen LogP contribution < -0.4 is 0 Å². The predicted octanol–water partition coefficient (Wildman–Crippen LogP) is 2.29. The Bertz CT molecular complexity index is 594. The molecule has 0 saturated carbocycles. The summed E-state index contributed by atoms with van der Waals surface area (Å²) in [6, 6.07) is 7.01. The lowest BCUT2D eigenvalue weighted by atomic mass is 10.1. The summed E-state index contributed by atoms with van der Waals surface area (Å²) < 4.78 is 0. The van der Waals surface area contributed by atoms with Crippen LogP contribution in [-0.2, 0) is 0 Å². The number of nitrogens with zero attached hydrogens (tertiary/aromatic N) is 5. The second kappa shape index (κ2) is 4.46. The second-order valence-corrected chi connectivity index (χ2v) is 3.38. The summed E-state index contributed by atoms with van der Waals surface area (Å²) in [6.07, 6.45) is 0. The van der Waals surface area contributed by atoms with Crippen LogP contribution in [0.4, 0.5) is 5.82 Å². The van der Waals surface area contributed by atoms with Crippen molar-refractivity contribution in [2.45, 2.75) is 6.92 Å². The van der Waals surface area contributed by atoms with Crippen molar-refractivity contribution < 1.29 is 4.79 Å². The number of nitrogens with one attached hydrogen (secondary N) is 1. The van der Waals surface area contributed by atoms with Gasteiger partial charge in [0.25, 0.3) is 0 Å². The van der Waals surface area contributed by atoms with Gasteiger partial charge in [-0.2, -0.15) is 15.4 Å². The Morgan fingerprint density at radius 2 is 2.06 bits per heavy atom. The lowest BCUT2D eigenvalue weighted by molar-refractivity contribution is 0.103. The van der Waals surface area contributed by atoms with Crippen LogP contribution in [0, 0.1) is 6.92 Å². The van der Waals surface area contributed by atoms with E-state index in [0.717, 1.165) is 5.56 Å². The lowest BCUT2D eigenvalue weighted by Gasteiger charge is -1.98. The zero-order valence-electron chi connectivity index (χ0n) is 8.95. The predicted molar refractivity (Wildman–Crippen MR) is 59.8 cm³/mol. The highest BCUT2D eigenvalue weighted by Gasteiger charge is 2.16. The summed E-state index contributed by atoms with van der Waals surface area (Å²) in [6.45, 7) is 1.93. The van der Waals surface area contributed by atoms with Crippen LogP contribution >= 0.6 is 0 Å². The van der Waals surface area contributed by atoms with E-state index in [1.165, 1.54) is 0 Å². The maximum Gasteiger partial charge on any atom is 0.215 e. The van der Waals surface area contributed by atoms with Gasteiger partial charge in [-0.1, -0.05) is 29.8 Å². The first kappa shape index (κ1) is 10.8. The van der Waals surface area contributed by atoms with Gasteiger partial charge in [0.15, 0.2) is 11.5 Å². The number of benzene rings is 1. The maximum atomic E-state index is 12.0. The van der Waals surface area contributed by atoms with Gasteiger partial charge >= 0.3 is 0 Å². The zero-order chi connectivity index (χ0) is 12.3. The van der Waals surface area contributed by atoms with Crippen molar-refractivity contribution in [1.29, 1.82) is 0 Å². The number of aromatic amines is 1. The molecule has 0 atom stereocenters. The quantitative estimate of drug-likeness (QED) is 0.376. The third-order valence-electron chi connectivity index (χ3n) is 2.20. The number of ketones is 1. The van der Waals surface area contributed by atoms with Crippen LogP contribution in [0.5, 0.6) is 0 Å². The highest BCUT2D eigenvalue weighted by molar-refractivity contribution is 6.10. The van der Waals surface area contributed by atoms with Gasteiger partial charge < -0.3 is 0 Å². The van der Waals surface area contributed by atoms with Crippen molar-refractivity contribution in [3.05, 3.63) is 51.5 Å². The van der Waals surface area contributed by atoms with Crippen LogP contribution in [0.25, 0.3) is 10.4 Å². The third-order valence-corrected chi connectivity index (χ3v) is 2.20. The van der Waals surface area contributed by atoms with E-state index in [9.17, 15) is 4.79 Å². The van der Waals surface area contributed by atoms with Crippen molar-refractivity contribution in [1.82, 2.24) is 15.4 Å². The fourth-order valence-corrected chi connectivity index (χ4v) is 1.33. The number of H-pyrrole nitrogens is 1. The van der Waals surface area contributed by atoms with E-state index in [4.69, 9.17) is 5.53 Å². The Labute approximate surface area is 96.1 Å². The smallest absolute Gasteiger partial charge is 0.215 e. The van der Waals surface area contributed by atoms with Crippen molar-refractivity contribution in [2.75, 3.05) is 0 Å². The van der Waals surface area contributed by atoms with Crippen molar-refractivity contribution in [2.24, 2.45) is 5.11 Å². The minimum absolute atomic E-state index is 0.0200. The molecule has 0 saturated heterocycles. The van der Waals surface area contributed by atoms with E-state index in [2.05, 4.69) is 25.4 Å². The molecule has 7 heteroatoms. The van der Waals surface area contributed by atoms with Crippen LogP contribution in [0.15, 0.2) is 29.4 Å². The summed E-state index contributed by atoms with van der Waals surface area (Å²) in [4.78, 5) is 14.6. The number of hydrogen-bond acceptors (Lipinski definition) is 4. The topological polar surface area (TPSA) is 107 Å². The van der Waals surface area contributed by atoms with E-state index in [1.807, 2.05) is 19.1 Å². The Balaban J connectivity index is 2.40. The molecule has 0 fully saturated rings. The number of aromatic nitrogens is 3. The van der Waals surface area contributed by atoms with Crippen LogP contribution in [0.1, 0.15) is 21.6 Å². The number of aryl methyl sites for hydroxylation is 1. The fourth-order valence-electron chi connectivity index (χ4n) is 1.33. The molecule has 0 spiro atoms. The monoisotopic (exact) mass is 228 g/mol. The van der Waals surface area contributed by atoms with Gasteiger partial charge in [-0.15, -0.1) is 0 Å². The minimum Gasteiger partial charge on any atom is -0.287 e. The largest absolute Gasteiger partial charge is 0.287 e. The first-order valence-electron chi connectivity index (χ1n) is 4.79. The SMILES string of the molecule is Cc1ccc(C(=O)c2n[nH]nc2N=[N+]=[N-])cc1. The van der Waals surface area contributed by atoms with Crippen LogP contribution in [0.3, 0.4) is 0 Å². The lowest BCUT2D eigenvalue weighted by Crippen LogP contribution is -2.02. The third kappa shape index (κ3) is 2.14. The van der Waals surface area contributed by atoms with Gasteiger partial charge in [0, 0.05) is 10.5 Å². The summed E-state index contributed by atoms with van der Waals surface area (Å²) in [5.41, 5.74) is 9.86. The number of carbonyl (C=O) groups is 1. The standard InChI is InChI=1S/C10H8N6O/c1-6-2-4-7(5-3-6)9(17)8-10(13-15-11)14-16-12-8/h2-5H,1H3,(H,12,14,16). The van der Waals surface area contributed by atoms with Crippen molar-refractivity contribution in [3.8, 4) is 0 Å². The molecule has 7 nitrogen and oxygen atoms in total. The van der Waals surface area contributed by atoms with Gasteiger partial charge in [-0.3, -0.25) is 4.79 Å². The summed E-state index contributed by atoms with van der Waals surface area (Å²) in [5, 5.41) is 12.8. The molecule has 0 bridgehead atoms. The average Bonchev–Trinajstić information content (AvgIpc) is 2.78. The van der Waals surface area contributed by atoms with Gasteiger partial charge in [0.2, 0.25) is 5.78 Å². The van der Waals surface area contributed by atoms with E-state index in [1.54, 1.807) is 12.1 Å². The molecule has 1 aromatic heterocycles. The molecule has 1 aromatic carbocycles. The Morgan fingerprint density at radius 3 is 2.71 bits per heavy atom. The molecule has 0 aliphatic carbocycles. The molecule has 1 N–H and O–H groups in total. The number of carbonyl (C=O) groups excluding carboxylic acids is 1. The van der Waals surface area contributed by atoms with Crippen molar-refractivity contribution in [3.63, 3.8) is 0 Å². The molecule has 2 rings (SSSR count). The second-order valence-electron chi connectivity index (χ2n) is 3.38. The first-order chi connectivity index (χ1) is 8.22. The molecule has 0 unspecified atom stereocenters. The maximum absolute atomic E-state index is 12.0. The van der Waals surface area contributed by atoms with E-state index in [-0.39, 0.29) is 17.3 Å². The van der Waals surface area contributed by atoms with Gasteiger partial charge in [0.05, 0.1) is 0 Å². The Kier molecular flexibility index (Phi) is 2.85. The number of rotatable bonds is 3. The van der Waals surface area contributed by atoms with Gasteiger partial charge in [-0.25, -0.2) is 0 Å². The van der Waals surface area contributed by atoms with E-state index >= 15 is 0 Å². The number of hydrogen-bond donors (Lipinski definition) is 1. The molecule has 17 heavy (non-hydrogen) atoms. The normalized spacial score (nSPS) is 9.71. The van der Waals surface area contributed by atoms with Gasteiger partial charge in [0.1, 0.15) is 0 Å². The summed E-state index contributed by atoms with van der Waals surface area (Å²) in [5.74, 6) is -0.376. The van der Waals surface area contributed by atoms with E-state index in [0.29, 0.717) is 5.56 Å². The molecular weight excluding hydrogens is 220 g/mol. The molecule has 84 valence electrons. The molecular formula is C10H8N6O. The molecule has 0 radical (unpaired) electrons. The summed E-state index contributed by atoms with van der Waals surface area (Å²) >= 11 is 0. The number of azide groups is 1. The summed E-state index contributed by atoms with van der Waals surface area (Å²) in [7, 11) is 0. The average molecular weight is 228 g/mol. The van der Waals surface area contributed by atoms with Crippen LogP contribution in [-0.4, -0.2) is 21.2 Å². The Morgan fingerprint density at radius 1 is 1.35 bits per heavy atom. The first-order valence-corrected chi connectivity index (χ1v) is 4.79. The highest BCUT2D eigenvalue weighted by atomic mass is 16.1. The van der Waals surface area contributed by atoms with Gasteiger partial charge in [-0.05, 0) is 17.6 Å². The fraction of sp³-hybridized carbons (Fsp3) is 0.100. The van der Waals surface area contributed by atoms with E-state index < -0.39 is 0 Å². The zero-order valence-corrected chi connectivity index (χ0v) is 8.95.